The van der Waals surface area contributed by atoms with E-state index < -0.39 is 6.43 Å². The fraction of sp³-hybridized carbons (Fsp3) is 0.412. The minimum Gasteiger partial charge on any atom is -0.324 e. The van der Waals surface area contributed by atoms with Crippen LogP contribution in [0, 0.1) is 0 Å². The van der Waals surface area contributed by atoms with Crippen LogP contribution in [0.5, 0.6) is 0 Å². The highest BCUT2D eigenvalue weighted by Gasteiger charge is 2.29. The summed E-state index contributed by atoms with van der Waals surface area (Å²) in [7, 11) is 0. The van der Waals surface area contributed by atoms with Gasteiger partial charge in [-0.15, -0.1) is 0 Å². The molecule has 0 unspecified atom stereocenters. The van der Waals surface area contributed by atoms with Crippen LogP contribution < -0.4 is 5.32 Å². The Balaban J connectivity index is 1.69. The van der Waals surface area contributed by atoms with Gasteiger partial charge in [0.15, 0.2) is 0 Å². The Morgan fingerprint density at radius 3 is 2.61 bits per heavy atom. The Labute approximate surface area is 133 Å². The van der Waals surface area contributed by atoms with E-state index in [4.69, 9.17) is 0 Å². The highest BCUT2D eigenvalue weighted by Crippen LogP contribution is 2.40. The van der Waals surface area contributed by atoms with Crippen LogP contribution in [0.3, 0.4) is 0 Å². The minimum atomic E-state index is -2.63. The molecule has 1 aromatic heterocycles. The predicted octanol–water partition coefficient (Wildman–Crippen LogP) is 3.90. The lowest BCUT2D eigenvalue weighted by Crippen LogP contribution is -2.21. The number of halogens is 2. The van der Waals surface area contributed by atoms with Crippen molar-refractivity contribution in [3.05, 3.63) is 47.3 Å². The number of hydrogen-bond donors (Lipinski definition) is 1. The molecule has 0 spiro atoms. The lowest BCUT2D eigenvalue weighted by atomic mass is 10.1. The first-order chi connectivity index (χ1) is 11.1. The van der Waals surface area contributed by atoms with Crippen molar-refractivity contribution < 1.29 is 13.6 Å². The number of hydrogen-bond acceptors (Lipinski definition) is 2. The smallest absolute Gasteiger partial charge is 0.280 e. The van der Waals surface area contributed by atoms with Gasteiger partial charge in [-0.3, -0.25) is 9.48 Å². The Bertz CT molecular complexity index is 690. The summed E-state index contributed by atoms with van der Waals surface area (Å²) in [4.78, 5) is 12.1. The number of alkyl halides is 2. The molecule has 0 radical (unpaired) electrons. The molecule has 3 rings (SSSR count). The van der Waals surface area contributed by atoms with E-state index in [9.17, 15) is 13.6 Å². The molecule has 1 aromatic carbocycles. The molecule has 122 valence electrons. The van der Waals surface area contributed by atoms with Gasteiger partial charge in [-0.2, -0.15) is 5.10 Å². The summed E-state index contributed by atoms with van der Waals surface area (Å²) < 4.78 is 27.3. The van der Waals surface area contributed by atoms with Crippen LogP contribution in [0.4, 0.5) is 14.5 Å². The number of carbonyl (C=O) groups is 1. The first kappa shape index (κ1) is 15.6. The van der Waals surface area contributed by atoms with Gasteiger partial charge in [-0.05, 0) is 43.0 Å². The van der Waals surface area contributed by atoms with Crippen molar-refractivity contribution in [2.45, 2.75) is 45.1 Å². The molecule has 1 N–H and O–H groups in total. The molecule has 6 heteroatoms. The van der Waals surface area contributed by atoms with Crippen molar-refractivity contribution in [2.24, 2.45) is 0 Å². The van der Waals surface area contributed by atoms with Crippen molar-refractivity contribution in [3.8, 4) is 0 Å². The van der Waals surface area contributed by atoms with E-state index in [-0.39, 0.29) is 24.1 Å². The van der Waals surface area contributed by atoms with Crippen LogP contribution in [-0.2, 0) is 17.8 Å². The molecule has 1 aliphatic carbocycles. The van der Waals surface area contributed by atoms with Crippen molar-refractivity contribution in [1.82, 2.24) is 9.78 Å². The van der Waals surface area contributed by atoms with Crippen LogP contribution in [0.15, 0.2) is 30.3 Å². The predicted molar refractivity (Wildman–Crippen MR) is 83.6 cm³/mol. The molecule has 0 aliphatic heterocycles. The van der Waals surface area contributed by atoms with Crippen LogP contribution in [0.2, 0.25) is 0 Å². The largest absolute Gasteiger partial charge is 0.324 e. The summed E-state index contributed by atoms with van der Waals surface area (Å²) in [5, 5.41) is 6.90. The number of aryl methyl sites for hydroxylation is 1. The molecule has 4 nitrogen and oxygen atoms in total. The van der Waals surface area contributed by atoms with Crippen LogP contribution in [-0.4, -0.2) is 15.7 Å². The van der Waals surface area contributed by atoms with Gasteiger partial charge < -0.3 is 5.32 Å². The monoisotopic (exact) mass is 319 g/mol. The topological polar surface area (TPSA) is 46.9 Å². The summed E-state index contributed by atoms with van der Waals surface area (Å²) >= 11 is 0. The average molecular weight is 319 g/mol. The maximum absolute atomic E-state index is 13.1. The molecule has 0 atom stereocenters. The van der Waals surface area contributed by atoms with Gasteiger partial charge in [0.05, 0.1) is 5.69 Å². The highest BCUT2D eigenvalue weighted by atomic mass is 19.3. The summed E-state index contributed by atoms with van der Waals surface area (Å²) in [5.41, 5.74) is 2.30. The normalized spacial score (nSPS) is 14.3. The Morgan fingerprint density at radius 1 is 1.35 bits per heavy atom. The standard InChI is InChI=1S/C17H19F2N3O/c1-2-11-3-7-13(8-4-11)20-16(23)10-22-15(17(18)19)9-14(21-22)12-5-6-12/h3-4,7-9,12,17H,2,5-6,10H2,1H3,(H,20,23). The zero-order chi connectivity index (χ0) is 16.4. The van der Waals surface area contributed by atoms with Crippen molar-refractivity contribution in [3.63, 3.8) is 0 Å². The van der Waals surface area contributed by atoms with E-state index in [1.54, 1.807) is 0 Å². The lowest BCUT2D eigenvalue weighted by molar-refractivity contribution is -0.117. The molecule has 1 amide bonds. The average Bonchev–Trinajstić information content (AvgIpc) is 3.29. The van der Waals surface area contributed by atoms with Gasteiger partial charge in [-0.1, -0.05) is 19.1 Å². The molecule has 1 aliphatic rings. The van der Waals surface area contributed by atoms with E-state index in [0.29, 0.717) is 11.4 Å². The van der Waals surface area contributed by atoms with E-state index in [1.165, 1.54) is 11.6 Å². The molecular formula is C17H19F2N3O. The number of benzene rings is 1. The number of amides is 1. The van der Waals surface area contributed by atoms with Crippen molar-refractivity contribution >= 4 is 11.6 Å². The first-order valence-corrected chi connectivity index (χ1v) is 7.81. The molecule has 0 saturated heterocycles. The molecule has 1 saturated carbocycles. The first-order valence-electron chi connectivity index (χ1n) is 7.81. The minimum absolute atomic E-state index is 0.191. The third-order valence-electron chi connectivity index (χ3n) is 3.99. The number of nitrogens with one attached hydrogen (secondary N) is 1. The summed E-state index contributed by atoms with van der Waals surface area (Å²) in [6.45, 7) is 1.84. The number of rotatable bonds is 6. The van der Waals surface area contributed by atoms with Gasteiger partial charge in [0.2, 0.25) is 5.91 Å². The van der Waals surface area contributed by atoms with Gasteiger partial charge in [-0.25, -0.2) is 8.78 Å². The number of anilines is 1. The van der Waals surface area contributed by atoms with Crippen molar-refractivity contribution in [2.75, 3.05) is 5.32 Å². The van der Waals surface area contributed by atoms with E-state index in [0.717, 1.165) is 23.9 Å². The number of carbonyl (C=O) groups excluding carboxylic acids is 1. The van der Waals surface area contributed by atoms with E-state index >= 15 is 0 Å². The fourth-order valence-corrected chi connectivity index (χ4v) is 2.49. The Morgan fingerprint density at radius 2 is 2.04 bits per heavy atom. The third kappa shape index (κ3) is 3.75. The maximum atomic E-state index is 13.1. The number of aromatic nitrogens is 2. The molecule has 0 bridgehead atoms. The zero-order valence-electron chi connectivity index (χ0n) is 12.9. The SMILES string of the molecule is CCc1ccc(NC(=O)Cn2nc(C3CC3)cc2C(F)F)cc1. The molecular weight excluding hydrogens is 300 g/mol. The second-order valence-corrected chi connectivity index (χ2v) is 5.83. The lowest BCUT2D eigenvalue weighted by Gasteiger charge is -2.08. The van der Waals surface area contributed by atoms with Crippen LogP contribution in [0.25, 0.3) is 0 Å². The molecule has 2 aromatic rings. The summed E-state index contributed by atoms with van der Waals surface area (Å²) in [5.74, 6) is -0.0833. The van der Waals surface area contributed by atoms with Crippen LogP contribution >= 0.6 is 0 Å². The quantitative estimate of drug-likeness (QED) is 0.878. The number of nitrogens with zero attached hydrogens (tertiary/aromatic N) is 2. The van der Waals surface area contributed by atoms with E-state index in [1.807, 2.05) is 24.3 Å². The molecule has 23 heavy (non-hydrogen) atoms. The Hall–Kier alpha value is -2.24. The van der Waals surface area contributed by atoms with Gasteiger partial charge in [0, 0.05) is 11.6 Å². The summed E-state index contributed by atoms with van der Waals surface area (Å²) in [6.07, 6.45) is 0.251. The zero-order valence-corrected chi connectivity index (χ0v) is 12.9. The third-order valence-corrected chi connectivity index (χ3v) is 3.99. The van der Waals surface area contributed by atoms with Gasteiger partial charge in [0.1, 0.15) is 12.2 Å². The van der Waals surface area contributed by atoms with Gasteiger partial charge >= 0.3 is 0 Å². The highest BCUT2D eigenvalue weighted by molar-refractivity contribution is 5.90. The molecule has 1 fully saturated rings. The maximum Gasteiger partial charge on any atom is 0.280 e. The molecule has 1 heterocycles. The fourth-order valence-electron chi connectivity index (χ4n) is 2.49. The summed E-state index contributed by atoms with van der Waals surface area (Å²) in [6, 6.07) is 8.90. The van der Waals surface area contributed by atoms with E-state index in [2.05, 4.69) is 17.3 Å². The van der Waals surface area contributed by atoms with Crippen LogP contribution in [0.1, 0.15) is 49.1 Å². The second kappa shape index (κ2) is 6.48. The van der Waals surface area contributed by atoms with Gasteiger partial charge in [0.25, 0.3) is 6.43 Å². The Kier molecular flexibility index (Phi) is 4.41. The van der Waals surface area contributed by atoms with Crippen molar-refractivity contribution in [1.29, 1.82) is 0 Å². The second-order valence-electron chi connectivity index (χ2n) is 5.83.